The van der Waals surface area contributed by atoms with Crippen molar-refractivity contribution in [1.82, 2.24) is 4.84 Å². The van der Waals surface area contributed by atoms with Crippen LogP contribution in [0, 0.1) is 17.2 Å². The molecule has 6 heteroatoms. The van der Waals surface area contributed by atoms with E-state index < -0.39 is 15.1 Å². The minimum absolute atomic E-state index is 0.0185. The Bertz CT molecular complexity index is 576. The molecule has 0 fully saturated rings. The molecule has 0 bridgehead atoms. The number of nitrogens with one attached hydrogen (secondary N) is 1. The van der Waals surface area contributed by atoms with Gasteiger partial charge in [-0.25, -0.2) is 13.3 Å². The molecule has 0 radical (unpaired) electrons. The molecule has 0 saturated heterocycles. The second kappa shape index (κ2) is 7.07. The third-order valence-electron chi connectivity index (χ3n) is 3.40. The third kappa shape index (κ3) is 4.20. The Morgan fingerprint density at radius 1 is 1.25 bits per heavy atom. The molecule has 4 nitrogen and oxygen atoms in total. The second-order valence-electron chi connectivity index (χ2n) is 5.17. The highest BCUT2D eigenvalue weighted by molar-refractivity contribution is 7.91. The molecule has 0 aliphatic heterocycles. The zero-order chi connectivity index (χ0) is 15.3. The fourth-order valence-electron chi connectivity index (χ4n) is 1.78. The van der Waals surface area contributed by atoms with Crippen molar-refractivity contribution in [3.05, 3.63) is 35.4 Å². The van der Waals surface area contributed by atoms with E-state index in [1.54, 1.807) is 31.2 Å². The smallest absolute Gasteiger partial charge is 0.158 e. The Morgan fingerprint density at radius 2 is 1.80 bits per heavy atom. The van der Waals surface area contributed by atoms with Crippen LogP contribution in [0.25, 0.3) is 0 Å². The van der Waals surface area contributed by atoms with Crippen LogP contribution in [0.1, 0.15) is 37.1 Å². The normalized spacial score (nSPS) is 14.8. The molecule has 0 heterocycles. The van der Waals surface area contributed by atoms with Crippen molar-refractivity contribution in [3.8, 4) is 6.07 Å². The van der Waals surface area contributed by atoms with Gasteiger partial charge in [-0.1, -0.05) is 26.0 Å². The van der Waals surface area contributed by atoms with Gasteiger partial charge in [0.25, 0.3) is 0 Å². The van der Waals surface area contributed by atoms with Crippen LogP contribution in [-0.4, -0.2) is 20.2 Å². The molecule has 2 unspecified atom stereocenters. The third-order valence-corrected chi connectivity index (χ3v) is 5.86. The molecule has 20 heavy (non-hydrogen) atoms. The number of nitriles is 1. The van der Waals surface area contributed by atoms with Crippen LogP contribution in [0.15, 0.2) is 24.3 Å². The van der Waals surface area contributed by atoms with Gasteiger partial charge in [-0.05, 0) is 42.3 Å². The van der Waals surface area contributed by atoms with Gasteiger partial charge < -0.3 is 0 Å². The lowest BCUT2D eigenvalue weighted by Crippen LogP contribution is -2.36. The molecule has 0 spiro atoms. The standard InChI is InChI=1S/C14H19ClN2O2S/c1-10(2)14(17-15)9-20(18,19)11(3)13-6-4-12(8-16)5-7-13/h4-7,10-11,14,17H,9H2,1-3H3. The van der Waals surface area contributed by atoms with Gasteiger partial charge in [-0.15, -0.1) is 0 Å². The molecular weight excluding hydrogens is 296 g/mol. The summed E-state index contributed by atoms with van der Waals surface area (Å²) in [5, 5.41) is 8.12. The van der Waals surface area contributed by atoms with Gasteiger partial charge in [0.15, 0.2) is 9.84 Å². The van der Waals surface area contributed by atoms with E-state index in [1.165, 1.54) is 0 Å². The molecule has 0 aromatic heterocycles. The van der Waals surface area contributed by atoms with Crippen molar-refractivity contribution in [3.63, 3.8) is 0 Å². The maximum atomic E-state index is 12.4. The fourth-order valence-corrected chi connectivity index (χ4v) is 4.03. The molecule has 1 aromatic rings. The number of benzene rings is 1. The molecule has 1 rings (SSSR count). The lowest BCUT2D eigenvalue weighted by molar-refractivity contribution is 0.487. The van der Waals surface area contributed by atoms with E-state index in [2.05, 4.69) is 4.84 Å². The van der Waals surface area contributed by atoms with Crippen molar-refractivity contribution >= 4 is 21.6 Å². The Balaban J connectivity index is 2.93. The summed E-state index contributed by atoms with van der Waals surface area (Å²) in [4.78, 5) is 2.53. The summed E-state index contributed by atoms with van der Waals surface area (Å²) in [5.41, 5.74) is 1.20. The summed E-state index contributed by atoms with van der Waals surface area (Å²) in [5.74, 6) is 0.102. The molecule has 110 valence electrons. The maximum Gasteiger partial charge on any atom is 0.158 e. The van der Waals surface area contributed by atoms with E-state index in [0.717, 1.165) is 0 Å². The first kappa shape index (κ1) is 17.0. The minimum atomic E-state index is -3.32. The summed E-state index contributed by atoms with van der Waals surface area (Å²) in [7, 11) is -3.32. The van der Waals surface area contributed by atoms with Gasteiger partial charge in [-0.2, -0.15) is 5.26 Å². The predicted molar refractivity (Wildman–Crippen MR) is 81.0 cm³/mol. The molecule has 2 atom stereocenters. The van der Waals surface area contributed by atoms with Crippen molar-refractivity contribution in [2.24, 2.45) is 5.92 Å². The Hall–Kier alpha value is -1.09. The zero-order valence-corrected chi connectivity index (χ0v) is 13.4. The van der Waals surface area contributed by atoms with E-state index in [-0.39, 0.29) is 17.7 Å². The Morgan fingerprint density at radius 3 is 2.20 bits per heavy atom. The van der Waals surface area contributed by atoms with Crippen LogP contribution in [0.5, 0.6) is 0 Å². The van der Waals surface area contributed by atoms with E-state index in [0.29, 0.717) is 11.1 Å². The average Bonchev–Trinajstić information content (AvgIpc) is 2.43. The fraction of sp³-hybridized carbons (Fsp3) is 0.500. The van der Waals surface area contributed by atoms with E-state index in [1.807, 2.05) is 19.9 Å². The highest BCUT2D eigenvalue weighted by Crippen LogP contribution is 2.24. The van der Waals surface area contributed by atoms with Gasteiger partial charge in [0.05, 0.1) is 22.6 Å². The van der Waals surface area contributed by atoms with Gasteiger partial charge >= 0.3 is 0 Å². The first-order chi connectivity index (χ1) is 9.31. The molecule has 0 aliphatic rings. The predicted octanol–water partition coefficient (Wildman–Crippen LogP) is 2.80. The van der Waals surface area contributed by atoms with Crippen LogP contribution < -0.4 is 4.84 Å². The van der Waals surface area contributed by atoms with Gasteiger partial charge in [0.1, 0.15) is 0 Å². The van der Waals surface area contributed by atoms with Crippen molar-refractivity contribution in [2.45, 2.75) is 32.1 Å². The molecular formula is C14H19ClN2O2S. The highest BCUT2D eigenvalue weighted by Gasteiger charge is 2.27. The number of sulfone groups is 1. The number of halogens is 1. The summed E-state index contributed by atoms with van der Waals surface area (Å²) in [6, 6.07) is 8.33. The topological polar surface area (TPSA) is 70.0 Å². The number of hydrogen-bond donors (Lipinski definition) is 1. The number of rotatable bonds is 6. The summed E-state index contributed by atoms with van der Waals surface area (Å²) in [6.07, 6.45) is 0. The first-order valence-corrected chi connectivity index (χ1v) is 8.49. The summed E-state index contributed by atoms with van der Waals surface area (Å²) in [6.45, 7) is 5.49. The van der Waals surface area contributed by atoms with E-state index in [9.17, 15) is 8.42 Å². The molecule has 0 aliphatic carbocycles. The minimum Gasteiger partial charge on any atom is -0.229 e. The maximum absolute atomic E-state index is 12.4. The van der Waals surface area contributed by atoms with Gasteiger partial charge in [0, 0.05) is 6.04 Å². The number of nitrogens with zero attached hydrogens (tertiary/aromatic N) is 1. The Kier molecular flexibility index (Phi) is 6.00. The van der Waals surface area contributed by atoms with Crippen LogP contribution in [0.2, 0.25) is 0 Å². The van der Waals surface area contributed by atoms with Gasteiger partial charge in [0.2, 0.25) is 0 Å². The second-order valence-corrected chi connectivity index (χ2v) is 7.75. The SMILES string of the molecule is CC(C)C(CS(=O)(=O)C(C)c1ccc(C#N)cc1)NCl. The monoisotopic (exact) mass is 314 g/mol. The summed E-state index contributed by atoms with van der Waals surface area (Å²) < 4.78 is 24.8. The van der Waals surface area contributed by atoms with Gasteiger partial charge in [-0.3, -0.25) is 0 Å². The molecule has 0 saturated carbocycles. The van der Waals surface area contributed by atoms with Crippen molar-refractivity contribution < 1.29 is 8.42 Å². The van der Waals surface area contributed by atoms with Crippen molar-refractivity contribution in [1.29, 1.82) is 5.26 Å². The van der Waals surface area contributed by atoms with Crippen LogP contribution in [-0.2, 0) is 9.84 Å². The first-order valence-electron chi connectivity index (χ1n) is 6.39. The van der Waals surface area contributed by atoms with E-state index >= 15 is 0 Å². The van der Waals surface area contributed by atoms with Crippen LogP contribution >= 0.6 is 11.8 Å². The molecule has 1 N–H and O–H groups in total. The molecule has 0 amide bonds. The average molecular weight is 315 g/mol. The highest BCUT2D eigenvalue weighted by atomic mass is 35.5. The quantitative estimate of drug-likeness (QED) is 0.820. The van der Waals surface area contributed by atoms with Crippen LogP contribution in [0.4, 0.5) is 0 Å². The van der Waals surface area contributed by atoms with Crippen molar-refractivity contribution in [2.75, 3.05) is 5.75 Å². The largest absolute Gasteiger partial charge is 0.229 e. The lowest BCUT2D eigenvalue weighted by atomic mass is 10.1. The summed E-state index contributed by atoms with van der Waals surface area (Å²) >= 11 is 5.61. The lowest BCUT2D eigenvalue weighted by Gasteiger charge is -2.21. The number of hydrogen-bond acceptors (Lipinski definition) is 4. The van der Waals surface area contributed by atoms with E-state index in [4.69, 9.17) is 17.0 Å². The van der Waals surface area contributed by atoms with Crippen LogP contribution in [0.3, 0.4) is 0 Å². The molecule has 1 aromatic carbocycles. The zero-order valence-electron chi connectivity index (χ0n) is 11.8. The Labute approximate surface area is 125 Å².